The molecule has 3 unspecified atom stereocenters. The molecule has 1 fully saturated rings. The summed E-state index contributed by atoms with van der Waals surface area (Å²) in [5, 5.41) is 33.0. The van der Waals surface area contributed by atoms with Crippen LogP contribution in [0.2, 0.25) is 0 Å². The number of phenols is 1. The number of rotatable bonds is 3. The van der Waals surface area contributed by atoms with E-state index in [-0.39, 0.29) is 40.6 Å². The molecular weight excluding hydrogens is 436 g/mol. The number of allylic oxidation sites excluding steroid dienone is 3. The van der Waals surface area contributed by atoms with Crippen LogP contribution in [-0.4, -0.2) is 39.8 Å². The maximum absolute atomic E-state index is 13.5. The Labute approximate surface area is 196 Å². The Morgan fingerprint density at radius 1 is 1.00 bits per heavy atom. The Morgan fingerprint density at radius 2 is 1.71 bits per heavy atom. The molecule has 0 amide bonds. The van der Waals surface area contributed by atoms with E-state index in [1.54, 1.807) is 37.4 Å². The van der Waals surface area contributed by atoms with Gasteiger partial charge in [0.2, 0.25) is 0 Å². The van der Waals surface area contributed by atoms with Crippen LogP contribution in [0.1, 0.15) is 30.9 Å². The molecule has 2 aromatic carbocycles. The molecule has 0 radical (unpaired) electrons. The number of carbonyl (C=O) groups is 3. The number of fused-ring (bicyclic) bond motifs is 3. The van der Waals surface area contributed by atoms with Gasteiger partial charge in [0.15, 0.2) is 17.3 Å². The van der Waals surface area contributed by atoms with Crippen molar-refractivity contribution in [1.29, 1.82) is 0 Å². The van der Waals surface area contributed by atoms with E-state index in [1.807, 2.05) is 6.07 Å². The number of methoxy groups -OCH3 is 1. The lowest BCUT2D eigenvalue weighted by atomic mass is 9.61. The van der Waals surface area contributed by atoms with Gasteiger partial charge in [0.25, 0.3) is 0 Å². The average Bonchev–Trinajstić information content (AvgIpc) is 2.78. The van der Waals surface area contributed by atoms with Gasteiger partial charge >= 0.3 is 0 Å². The second-order valence-corrected chi connectivity index (χ2v) is 9.17. The first-order valence-corrected chi connectivity index (χ1v) is 11.2. The fourth-order valence-corrected chi connectivity index (χ4v) is 5.73. The minimum Gasteiger partial charge on any atom is -0.511 e. The highest BCUT2D eigenvalue weighted by Crippen LogP contribution is 2.51. The zero-order valence-electron chi connectivity index (χ0n) is 18.8. The topological polar surface area (TPSA) is 121 Å². The summed E-state index contributed by atoms with van der Waals surface area (Å²) >= 11 is 0. The molecular formula is C27H24O7. The van der Waals surface area contributed by atoms with Crippen molar-refractivity contribution in [2.24, 2.45) is 17.8 Å². The number of ether oxygens (including phenoxy) is 1. The number of Topliss-reactive ketones (excluding diaryl/α,β-unsaturated/α-hetero) is 3. The SMILES string of the molecule is COc1ccc(-c2ccc3c(c2O)C(O)=C2C(=O)C4C(O)=C(C(C)=O)C(=O)CC4CC2C3)cc1. The molecule has 0 heterocycles. The lowest BCUT2D eigenvalue weighted by Gasteiger charge is -2.41. The molecule has 0 bridgehead atoms. The van der Waals surface area contributed by atoms with Gasteiger partial charge in [0.1, 0.15) is 23.0 Å². The standard InChI is InChI=1S/C27H24O7/c1-12(28)20-19(29)11-16-10-15-9-14-5-8-18(13-3-6-17(34-2)7-4-13)24(30)21(14)26(32)22(15)27(33)23(16)25(20)31/h3-8,15-16,23,30-32H,9-11H2,1-2H3. The van der Waals surface area contributed by atoms with Crippen molar-refractivity contribution in [3.8, 4) is 22.6 Å². The van der Waals surface area contributed by atoms with E-state index in [9.17, 15) is 29.7 Å². The van der Waals surface area contributed by atoms with Crippen molar-refractivity contribution < 1.29 is 34.4 Å². The maximum Gasteiger partial charge on any atom is 0.173 e. The Kier molecular flexibility index (Phi) is 5.08. The largest absolute Gasteiger partial charge is 0.511 e. The van der Waals surface area contributed by atoms with E-state index >= 15 is 0 Å². The highest BCUT2D eigenvalue weighted by molar-refractivity contribution is 6.22. The molecule has 2 aromatic rings. The van der Waals surface area contributed by atoms with Crippen molar-refractivity contribution in [2.45, 2.75) is 26.2 Å². The zero-order chi connectivity index (χ0) is 24.3. The van der Waals surface area contributed by atoms with Gasteiger partial charge in [-0.15, -0.1) is 0 Å². The minimum atomic E-state index is -1.04. The average molecular weight is 460 g/mol. The first kappa shape index (κ1) is 21.9. The fourth-order valence-electron chi connectivity index (χ4n) is 5.73. The number of hydrogen-bond donors (Lipinski definition) is 3. The van der Waals surface area contributed by atoms with Crippen LogP contribution in [0.4, 0.5) is 0 Å². The van der Waals surface area contributed by atoms with Crippen molar-refractivity contribution in [1.82, 2.24) is 0 Å². The van der Waals surface area contributed by atoms with Gasteiger partial charge in [-0.3, -0.25) is 14.4 Å². The Morgan fingerprint density at radius 3 is 2.35 bits per heavy atom. The molecule has 34 heavy (non-hydrogen) atoms. The Bertz CT molecular complexity index is 1310. The number of benzene rings is 2. The summed E-state index contributed by atoms with van der Waals surface area (Å²) in [5.41, 5.74) is 1.94. The number of aromatic hydroxyl groups is 1. The number of ketones is 3. The van der Waals surface area contributed by atoms with Crippen LogP contribution in [-0.2, 0) is 20.8 Å². The Balaban J connectivity index is 1.62. The molecule has 7 nitrogen and oxygen atoms in total. The van der Waals surface area contributed by atoms with E-state index < -0.39 is 34.9 Å². The van der Waals surface area contributed by atoms with Gasteiger partial charge in [0, 0.05) is 17.6 Å². The molecule has 0 spiro atoms. The van der Waals surface area contributed by atoms with E-state index in [1.165, 1.54) is 6.92 Å². The third-order valence-corrected chi connectivity index (χ3v) is 7.27. The predicted octanol–water partition coefficient (Wildman–Crippen LogP) is 4.09. The van der Waals surface area contributed by atoms with Crippen molar-refractivity contribution in [3.05, 3.63) is 64.4 Å². The second kappa shape index (κ2) is 7.87. The molecule has 7 heteroatoms. The summed E-state index contributed by atoms with van der Waals surface area (Å²) in [6.07, 6.45) is 0.837. The molecule has 174 valence electrons. The van der Waals surface area contributed by atoms with E-state index in [4.69, 9.17) is 4.74 Å². The van der Waals surface area contributed by atoms with Crippen molar-refractivity contribution in [3.63, 3.8) is 0 Å². The first-order valence-electron chi connectivity index (χ1n) is 11.2. The number of aliphatic hydroxyl groups excluding tert-OH is 2. The summed E-state index contributed by atoms with van der Waals surface area (Å²) < 4.78 is 5.18. The summed E-state index contributed by atoms with van der Waals surface area (Å²) in [7, 11) is 1.56. The number of hydrogen-bond acceptors (Lipinski definition) is 7. The smallest absolute Gasteiger partial charge is 0.173 e. The molecule has 1 saturated carbocycles. The lowest BCUT2D eigenvalue weighted by molar-refractivity contribution is -0.127. The third-order valence-electron chi connectivity index (χ3n) is 7.27. The highest BCUT2D eigenvalue weighted by Gasteiger charge is 2.50. The van der Waals surface area contributed by atoms with Gasteiger partial charge < -0.3 is 20.1 Å². The number of aliphatic hydroxyl groups is 2. The van der Waals surface area contributed by atoms with Crippen molar-refractivity contribution >= 4 is 23.1 Å². The van der Waals surface area contributed by atoms with Gasteiger partial charge in [-0.2, -0.15) is 0 Å². The summed E-state index contributed by atoms with van der Waals surface area (Å²) in [5.74, 6) is -3.62. The van der Waals surface area contributed by atoms with Gasteiger partial charge in [-0.1, -0.05) is 24.3 Å². The molecule has 3 N–H and O–H groups in total. The van der Waals surface area contributed by atoms with Crippen LogP contribution >= 0.6 is 0 Å². The maximum atomic E-state index is 13.5. The van der Waals surface area contributed by atoms with Crippen LogP contribution in [0.25, 0.3) is 16.9 Å². The number of carbonyl (C=O) groups excluding carboxylic acids is 3. The lowest BCUT2D eigenvalue weighted by Crippen LogP contribution is -2.43. The summed E-state index contributed by atoms with van der Waals surface area (Å²) in [6.45, 7) is 1.19. The van der Waals surface area contributed by atoms with E-state index in [0.29, 0.717) is 35.3 Å². The minimum absolute atomic E-state index is 0.00837. The first-order chi connectivity index (χ1) is 16.2. The molecule has 0 saturated heterocycles. The molecule has 3 aliphatic rings. The number of phenolic OH excluding ortho intramolecular Hbond substituents is 1. The van der Waals surface area contributed by atoms with Gasteiger partial charge in [-0.25, -0.2) is 0 Å². The summed E-state index contributed by atoms with van der Waals surface area (Å²) in [4.78, 5) is 37.9. The normalized spacial score (nSPS) is 23.9. The van der Waals surface area contributed by atoms with Gasteiger partial charge in [0.05, 0.1) is 24.2 Å². The monoisotopic (exact) mass is 460 g/mol. The van der Waals surface area contributed by atoms with E-state index in [2.05, 4.69) is 0 Å². The molecule has 5 rings (SSSR count). The third kappa shape index (κ3) is 3.15. The van der Waals surface area contributed by atoms with Crippen LogP contribution < -0.4 is 4.74 Å². The zero-order valence-corrected chi connectivity index (χ0v) is 18.8. The van der Waals surface area contributed by atoms with E-state index in [0.717, 1.165) is 0 Å². The second-order valence-electron chi connectivity index (χ2n) is 9.17. The van der Waals surface area contributed by atoms with Crippen LogP contribution in [0, 0.1) is 17.8 Å². The quantitative estimate of drug-likeness (QED) is 0.590. The molecule has 0 aromatic heterocycles. The Hall–Kier alpha value is -3.87. The van der Waals surface area contributed by atoms with Crippen LogP contribution in [0.15, 0.2) is 53.3 Å². The van der Waals surface area contributed by atoms with Crippen LogP contribution in [0.5, 0.6) is 11.5 Å². The fraction of sp³-hybridized carbons (Fsp3) is 0.296. The molecule has 0 aliphatic heterocycles. The molecule has 3 atom stereocenters. The van der Waals surface area contributed by atoms with Crippen molar-refractivity contribution in [2.75, 3.05) is 7.11 Å². The highest BCUT2D eigenvalue weighted by atomic mass is 16.5. The van der Waals surface area contributed by atoms with Gasteiger partial charge in [-0.05, 0) is 54.9 Å². The predicted molar refractivity (Wildman–Crippen MR) is 123 cm³/mol. The molecule has 3 aliphatic carbocycles. The summed E-state index contributed by atoms with van der Waals surface area (Å²) in [6, 6.07) is 10.7. The van der Waals surface area contributed by atoms with Crippen LogP contribution in [0.3, 0.4) is 0 Å².